The Hall–Kier alpha value is -1.62. The lowest BCUT2D eigenvalue weighted by Crippen LogP contribution is -2.48. The van der Waals surface area contributed by atoms with Gasteiger partial charge in [-0.15, -0.1) is 0 Å². The lowest BCUT2D eigenvalue weighted by atomic mass is 10.1. The normalized spacial score (nSPS) is 23.8. The maximum atomic E-state index is 10.2. The fraction of sp³-hybridized carbons (Fsp3) is 0.474. The number of fused-ring (bicyclic) bond motifs is 1. The fourth-order valence-corrected chi connectivity index (χ4v) is 3.23. The van der Waals surface area contributed by atoms with Crippen LogP contribution in [0.1, 0.15) is 13.8 Å². The highest BCUT2D eigenvalue weighted by molar-refractivity contribution is 5.83. The van der Waals surface area contributed by atoms with Crippen molar-refractivity contribution in [3.05, 3.63) is 42.5 Å². The summed E-state index contributed by atoms with van der Waals surface area (Å²) in [6.07, 6.45) is -0.0707. The third-order valence-electron chi connectivity index (χ3n) is 4.13. The van der Waals surface area contributed by atoms with Crippen LogP contribution in [0.2, 0.25) is 0 Å². The van der Waals surface area contributed by atoms with Crippen molar-refractivity contribution < 1.29 is 14.6 Å². The number of hydrogen-bond donors (Lipinski definition) is 1. The molecule has 0 aliphatic carbocycles. The molecule has 0 spiro atoms. The molecule has 23 heavy (non-hydrogen) atoms. The molecule has 124 valence electrons. The molecule has 1 aliphatic rings. The van der Waals surface area contributed by atoms with E-state index in [-0.39, 0.29) is 12.2 Å². The first-order valence-electron chi connectivity index (χ1n) is 8.27. The Morgan fingerprint density at radius 2 is 1.83 bits per heavy atom. The lowest BCUT2D eigenvalue weighted by Gasteiger charge is -2.36. The van der Waals surface area contributed by atoms with Crippen molar-refractivity contribution in [2.24, 2.45) is 0 Å². The summed E-state index contributed by atoms with van der Waals surface area (Å²) < 4.78 is 11.5. The summed E-state index contributed by atoms with van der Waals surface area (Å²) >= 11 is 0. The van der Waals surface area contributed by atoms with Crippen molar-refractivity contribution in [1.82, 2.24) is 4.90 Å². The molecular weight excluding hydrogens is 290 g/mol. The molecule has 1 aliphatic heterocycles. The van der Waals surface area contributed by atoms with Crippen molar-refractivity contribution in [3.63, 3.8) is 0 Å². The summed E-state index contributed by atoms with van der Waals surface area (Å²) in [5.41, 5.74) is 0. The lowest BCUT2D eigenvalue weighted by molar-refractivity contribution is -0.0786. The molecule has 0 aromatic heterocycles. The molecule has 1 fully saturated rings. The molecule has 1 heterocycles. The summed E-state index contributed by atoms with van der Waals surface area (Å²) in [5.74, 6) is 0.798. The second-order valence-corrected chi connectivity index (χ2v) is 6.45. The molecule has 2 aromatic rings. The molecule has 0 saturated carbocycles. The molecule has 4 nitrogen and oxygen atoms in total. The molecule has 3 atom stereocenters. The van der Waals surface area contributed by atoms with Gasteiger partial charge in [-0.1, -0.05) is 30.3 Å². The maximum Gasteiger partial charge on any atom is 0.120 e. The first-order chi connectivity index (χ1) is 11.1. The third-order valence-corrected chi connectivity index (χ3v) is 4.13. The van der Waals surface area contributed by atoms with E-state index >= 15 is 0 Å². The minimum absolute atomic E-state index is 0.215. The summed E-state index contributed by atoms with van der Waals surface area (Å²) in [5, 5.41) is 12.6. The van der Waals surface area contributed by atoms with Gasteiger partial charge < -0.3 is 14.6 Å². The third kappa shape index (κ3) is 4.44. The number of ether oxygens (including phenoxy) is 2. The van der Waals surface area contributed by atoms with Crippen molar-refractivity contribution in [3.8, 4) is 5.75 Å². The summed E-state index contributed by atoms with van der Waals surface area (Å²) in [7, 11) is 0. The van der Waals surface area contributed by atoms with Gasteiger partial charge in [-0.25, -0.2) is 0 Å². The largest absolute Gasteiger partial charge is 0.491 e. The molecule has 1 saturated heterocycles. The van der Waals surface area contributed by atoms with Crippen LogP contribution < -0.4 is 4.74 Å². The number of aliphatic hydroxyl groups excluding tert-OH is 1. The minimum Gasteiger partial charge on any atom is -0.491 e. The summed E-state index contributed by atoms with van der Waals surface area (Å²) in [6, 6.07) is 14.2. The van der Waals surface area contributed by atoms with E-state index in [0.29, 0.717) is 13.2 Å². The Kier molecular flexibility index (Phi) is 5.16. The van der Waals surface area contributed by atoms with Gasteiger partial charge in [0.25, 0.3) is 0 Å². The molecule has 1 N–H and O–H groups in total. The SMILES string of the molecule is C[C@@H]1CN(C[C@@H](O)COc2ccc3ccccc3c2)C[C@@H](C)O1. The van der Waals surface area contributed by atoms with Gasteiger partial charge in [-0.05, 0) is 36.8 Å². The van der Waals surface area contributed by atoms with Gasteiger partial charge in [0.1, 0.15) is 18.5 Å². The molecule has 0 bridgehead atoms. The Balaban J connectivity index is 1.52. The first-order valence-corrected chi connectivity index (χ1v) is 8.27. The zero-order valence-corrected chi connectivity index (χ0v) is 13.8. The summed E-state index contributed by atoms with van der Waals surface area (Å²) in [6.45, 7) is 6.78. The van der Waals surface area contributed by atoms with Crippen LogP contribution in [0.4, 0.5) is 0 Å². The van der Waals surface area contributed by atoms with Crippen LogP contribution in [0.3, 0.4) is 0 Å². The van der Waals surface area contributed by atoms with Crippen LogP contribution in [0.15, 0.2) is 42.5 Å². The zero-order chi connectivity index (χ0) is 16.2. The first kappa shape index (κ1) is 16.2. The van der Waals surface area contributed by atoms with E-state index in [2.05, 4.69) is 30.9 Å². The topological polar surface area (TPSA) is 41.9 Å². The van der Waals surface area contributed by atoms with Crippen molar-refractivity contribution in [2.45, 2.75) is 32.2 Å². The number of nitrogens with zero attached hydrogens (tertiary/aromatic N) is 1. The molecule has 0 radical (unpaired) electrons. The number of hydrogen-bond acceptors (Lipinski definition) is 4. The highest BCUT2D eigenvalue weighted by atomic mass is 16.5. The van der Waals surface area contributed by atoms with E-state index in [1.807, 2.05) is 30.3 Å². The maximum absolute atomic E-state index is 10.2. The van der Waals surface area contributed by atoms with E-state index in [4.69, 9.17) is 9.47 Å². The predicted octanol–water partition coefficient (Wildman–Crippen LogP) is 2.69. The van der Waals surface area contributed by atoms with Crippen molar-refractivity contribution in [1.29, 1.82) is 0 Å². The minimum atomic E-state index is -0.501. The van der Waals surface area contributed by atoms with Gasteiger partial charge >= 0.3 is 0 Å². The molecule has 3 rings (SSSR count). The number of β-amino-alcohol motifs (C(OH)–C–C–N with tert-alkyl or cyclic N) is 1. The van der Waals surface area contributed by atoms with Crippen LogP contribution in [-0.4, -0.2) is 54.6 Å². The number of benzene rings is 2. The molecule has 0 unspecified atom stereocenters. The Morgan fingerprint density at radius 1 is 1.13 bits per heavy atom. The van der Waals surface area contributed by atoms with Crippen LogP contribution in [-0.2, 0) is 4.74 Å². The Bertz CT molecular complexity index is 635. The van der Waals surface area contributed by atoms with E-state index < -0.39 is 6.10 Å². The van der Waals surface area contributed by atoms with Gasteiger partial charge in [0, 0.05) is 19.6 Å². The quantitative estimate of drug-likeness (QED) is 0.921. The summed E-state index contributed by atoms with van der Waals surface area (Å²) in [4.78, 5) is 2.24. The zero-order valence-electron chi connectivity index (χ0n) is 13.8. The van der Waals surface area contributed by atoms with Gasteiger partial charge in [-0.2, -0.15) is 0 Å². The smallest absolute Gasteiger partial charge is 0.120 e. The van der Waals surface area contributed by atoms with Gasteiger partial charge in [0.15, 0.2) is 0 Å². The average molecular weight is 315 g/mol. The Morgan fingerprint density at radius 3 is 2.57 bits per heavy atom. The monoisotopic (exact) mass is 315 g/mol. The second-order valence-electron chi connectivity index (χ2n) is 6.45. The van der Waals surface area contributed by atoms with Crippen molar-refractivity contribution >= 4 is 10.8 Å². The van der Waals surface area contributed by atoms with Gasteiger partial charge in [0.2, 0.25) is 0 Å². The molecule has 4 heteroatoms. The van der Waals surface area contributed by atoms with Crippen LogP contribution in [0, 0.1) is 0 Å². The van der Waals surface area contributed by atoms with E-state index in [1.165, 1.54) is 5.39 Å². The van der Waals surface area contributed by atoms with Crippen LogP contribution in [0.25, 0.3) is 10.8 Å². The Labute approximate surface area is 137 Å². The number of rotatable bonds is 5. The van der Waals surface area contributed by atoms with Gasteiger partial charge in [-0.3, -0.25) is 4.90 Å². The molecule has 2 aromatic carbocycles. The van der Waals surface area contributed by atoms with E-state index in [1.54, 1.807) is 0 Å². The highest BCUT2D eigenvalue weighted by Gasteiger charge is 2.23. The number of morpholine rings is 1. The second kappa shape index (κ2) is 7.30. The van der Waals surface area contributed by atoms with Crippen molar-refractivity contribution in [2.75, 3.05) is 26.2 Å². The predicted molar refractivity (Wildman–Crippen MR) is 91.9 cm³/mol. The number of aliphatic hydroxyl groups is 1. The fourth-order valence-electron chi connectivity index (χ4n) is 3.23. The van der Waals surface area contributed by atoms with E-state index in [9.17, 15) is 5.11 Å². The van der Waals surface area contributed by atoms with Crippen LogP contribution >= 0.6 is 0 Å². The standard InChI is InChI=1S/C19H25NO3/c1-14-10-20(11-15(2)23-14)12-18(21)13-22-19-8-7-16-5-3-4-6-17(16)9-19/h3-9,14-15,18,21H,10-13H2,1-2H3/t14-,15-,18-/m1/s1. The van der Waals surface area contributed by atoms with Gasteiger partial charge in [0.05, 0.1) is 12.2 Å². The molecule has 0 amide bonds. The molecular formula is C19H25NO3. The van der Waals surface area contributed by atoms with Crippen LogP contribution in [0.5, 0.6) is 5.75 Å². The van der Waals surface area contributed by atoms with E-state index in [0.717, 1.165) is 24.2 Å². The highest BCUT2D eigenvalue weighted by Crippen LogP contribution is 2.20. The average Bonchev–Trinajstić information content (AvgIpc) is 2.52.